The van der Waals surface area contributed by atoms with Gasteiger partial charge >= 0.3 is 0 Å². The van der Waals surface area contributed by atoms with Crippen molar-refractivity contribution in [1.82, 2.24) is 4.72 Å². The summed E-state index contributed by atoms with van der Waals surface area (Å²) in [5.74, 6) is 0.176. The minimum Gasteiger partial charge on any atom is -0.394 e. The van der Waals surface area contributed by atoms with Crippen LogP contribution in [0.25, 0.3) is 0 Å². The van der Waals surface area contributed by atoms with Gasteiger partial charge in [0.25, 0.3) is 0 Å². The third-order valence-corrected chi connectivity index (χ3v) is 6.32. The summed E-state index contributed by atoms with van der Waals surface area (Å²) in [6.45, 7) is 9.71. The van der Waals surface area contributed by atoms with Gasteiger partial charge in [-0.3, -0.25) is 0 Å². The first-order valence-electron chi connectivity index (χ1n) is 8.99. The van der Waals surface area contributed by atoms with Crippen molar-refractivity contribution in [3.63, 3.8) is 0 Å². The van der Waals surface area contributed by atoms with Crippen LogP contribution in [0.4, 0.5) is 0 Å². The zero-order valence-electron chi connectivity index (χ0n) is 16.6. The lowest BCUT2D eigenvalue weighted by atomic mass is 9.89. The molecule has 150 valence electrons. The lowest BCUT2D eigenvalue weighted by Crippen LogP contribution is -2.57. The van der Waals surface area contributed by atoms with E-state index >= 15 is 0 Å². The first-order chi connectivity index (χ1) is 11.9. The van der Waals surface area contributed by atoms with Crippen LogP contribution in [-0.2, 0) is 10.0 Å². The Morgan fingerprint density at radius 2 is 1.23 bits per heavy atom. The van der Waals surface area contributed by atoms with Crippen molar-refractivity contribution in [3.05, 3.63) is 28.8 Å². The van der Waals surface area contributed by atoms with Crippen molar-refractivity contribution in [2.45, 2.75) is 69.7 Å². The lowest BCUT2D eigenvalue weighted by molar-refractivity contribution is 0.0581. The molecule has 0 aliphatic carbocycles. The molecule has 0 amide bonds. The Hall–Kier alpha value is -0.990. The van der Waals surface area contributed by atoms with Crippen LogP contribution < -0.4 is 4.72 Å². The summed E-state index contributed by atoms with van der Waals surface area (Å²) in [6.07, 6.45) is 0. The molecule has 0 spiro atoms. The van der Waals surface area contributed by atoms with E-state index in [0.717, 1.165) is 5.56 Å². The molecule has 0 fully saturated rings. The molecule has 1 aromatic carbocycles. The SMILES string of the molecule is CC(C)c1cc(C(C)C)c(S(=O)(=O)NC(CO)(CO)CO)c(C(C)C)c1. The highest BCUT2D eigenvalue weighted by Gasteiger charge is 2.36. The van der Waals surface area contributed by atoms with Crippen molar-refractivity contribution < 1.29 is 23.7 Å². The summed E-state index contributed by atoms with van der Waals surface area (Å²) >= 11 is 0. The molecule has 4 N–H and O–H groups in total. The molecule has 0 unspecified atom stereocenters. The Bertz CT molecular complexity index is 669. The van der Waals surface area contributed by atoms with Gasteiger partial charge in [-0.15, -0.1) is 0 Å². The Labute approximate surface area is 157 Å². The van der Waals surface area contributed by atoms with Crippen LogP contribution in [0.2, 0.25) is 0 Å². The average molecular weight is 388 g/mol. The molecule has 0 aromatic heterocycles. The minimum absolute atomic E-state index is 0.0374. The van der Waals surface area contributed by atoms with Gasteiger partial charge in [-0.2, -0.15) is 4.72 Å². The predicted octanol–water partition coefficient (Wildman–Crippen LogP) is 2.05. The first kappa shape index (κ1) is 23.0. The Kier molecular flexibility index (Phi) is 7.80. The van der Waals surface area contributed by atoms with E-state index in [0.29, 0.717) is 11.1 Å². The van der Waals surface area contributed by atoms with Crippen LogP contribution in [0.1, 0.15) is 76.0 Å². The van der Waals surface area contributed by atoms with Crippen LogP contribution in [0, 0.1) is 0 Å². The molecule has 0 atom stereocenters. The zero-order valence-corrected chi connectivity index (χ0v) is 17.4. The van der Waals surface area contributed by atoms with E-state index in [-0.39, 0.29) is 22.6 Å². The summed E-state index contributed by atoms with van der Waals surface area (Å²) in [6, 6.07) is 3.82. The highest BCUT2D eigenvalue weighted by atomic mass is 32.2. The first-order valence-corrected chi connectivity index (χ1v) is 10.5. The molecule has 0 heterocycles. The van der Waals surface area contributed by atoms with Gasteiger partial charge in [0, 0.05) is 0 Å². The fraction of sp³-hybridized carbons (Fsp3) is 0.684. The molecule has 7 heteroatoms. The Balaban J connectivity index is 3.73. The second kappa shape index (κ2) is 8.80. The standard InChI is InChI=1S/C19H33NO5S/c1-12(2)15-7-16(13(3)4)18(17(8-15)14(5)6)26(24,25)20-19(9-21,10-22)11-23/h7-8,12-14,20-23H,9-11H2,1-6H3. The number of sulfonamides is 1. The minimum atomic E-state index is -4.08. The monoisotopic (exact) mass is 387 g/mol. The van der Waals surface area contributed by atoms with Crippen LogP contribution in [0.15, 0.2) is 17.0 Å². The molecular formula is C19H33NO5S. The molecule has 0 aliphatic heterocycles. The van der Waals surface area contributed by atoms with Crippen LogP contribution in [-0.4, -0.2) is 49.1 Å². The van der Waals surface area contributed by atoms with E-state index in [1.165, 1.54) is 0 Å². The summed E-state index contributed by atoms with van der Waals surface area (Å²) in [7, 11) is -4.08. The van der Waals surface area contributed by atoms with Crippen LogP contribution in [0.3, 0.4) is 0 Å². The van der Waals surface area contributed by atoms with E-state index in [1.54, 1.807) is 0 Å². The summed E-state index contributed by atoms with van der Waals surface area (Å²) in [5, 5.41) is 28.5. The van der Waals surface area contributed by atoms with Gasteiger partial charge in [0.15, 0.2) is 0 Å². The van der Waals surface area contributed by atoms with E-state index in [9.17, 15) is 23.7 Å². The summed E-state index contributed by atoms with van der Waals surface area (Å²) in [5.41, 5.74) is 0.734. The number of rotatable bonds is 9. The average Bonchev–Trinajstić information content (AvgIpc) is 2.58. The normalized spacial score (nSPS) is 13.2. The molecule has 0 aliphatic rings. The van der Waals surface area contributed by atoms with E-state index in [4.69, 9.17) is 0 Å². The molecular weight excluding hydrogens is 354 g/mol. The summed E-state index contributed by atoms with van der Waals surface area (Å²) < 4.78 is 28.8. The Morgan fingerprint density at radius 3 is 1.50 bits per heavy atom. The third-order valence-electron chi connectivity index (χ3n) is 4.61. The topological polar surface area (TPSA) is 107 Å². The Morgan fingerprint density at radius 1 is 0.846 bits per heavy atom. The van der Waals surface area contributed by atoms with Gasteiger partial charge in [-0.1, -0.05) is 53.7 Å². The van der Waals surface area contributed by atoms with Crippen molar-refractivity contribution in [2.75, 3.05) is 19.8 Å². The maximum atomic E-state index is 13.2. The third kappa shape index (κ3) is 4.84. The molecule has 0 radical (unpaired) electrons. The lowest BCUT2D eigenvalue weighted by Gasteiger charge is -2.30. The maximum absolute atomic E-state index is 13.2. The highest BCUT2D eigenvalue weighted by Crippen LogP contribution is 2.35. The molecule has 6 nitrogen and oxygen atoms in total. The molecule has 0 saturated heterocycles. The second-order valence-corrected chi connectivity index (χ2v) is 9.47. The largest absolute Gasteiger partial charge is 0.394 e. The van der Waals surface area contributed by atoms with Crippen molar-refractivity contribution in [1.29, 1.82) is 0 Å². The second-order valence-electron chi connectivity index (χ2n) is 7.85. The van der Waals surface area contributed by atoms with E-state index < -0.39 is 35.4 Å². The number of hydrogen-bond acceptors (Lipinski definition) is 5. The smallest absolute Gasteiger partial charge is 0.241 e. The van der Waals surface area contributed by atoms with Crippen LogP contribution >= 0.6 is 0 Å². The van der Waals surface area contributed by atoms with Crippen molar-refractivity contribution >= 4 is 10.0 Å². The zero-order chi connectivity index (χ0) is 20.3. The van der Waals surface area contributed by atoms with Crippen molar-refractivity contribution in [2.24, 2.45) is 0 Å². The number of nitrogens with one attached hydrogen (secondary N) is 1. The fourth-order valence-electron chi connectivity index (χ4n) is 2.78. The highest BCUT2D eigenvalue weighted by molar-refractivity contribution is 7.89. The van der Waals surface area contributed by atoms with Crippen LogP contribution in [0.5, 0.6) is 0 Å². The molecule has 26 heavy (non-hydrogen) atoms. The number of hydrogen-bond donors (Lipinski definition) is 4. The quantitative estimate of drug-likeness (QED) is 0.519. The van der Waals surface area contributed by atoms with Gasteiger partial charge < -0.3 is 15.3 Å². The fourth-order valence-corrected chi connectivity index (χ4v) is 4.86. The molecule has 1 aromatic rings. The maximum Gasteiger partial charge on any atom is 0.241 e. The predicted molar refractivity (Wildman–Crippen MR) is 103 cm³/mol. The van der Waals surface area contributed by atoms with Gasteiger partial charge in [0.05, 0.1) is 24.7 Å². The number of benzene rings is 1. The van der Waals surface area contributed by atoms with Gasteiger partial charge in [-0.05, 0) is 34.4 Å². The molecule has 1 rings (SSSR count). The van der Waals surface area contributed by atoms with Gasteiger partial charge in [0.1, 0.15) is 5.54 Å². The number of aliphatic hydroxyl groups excluding tert-OH is 3. The molecule has 0 saturated carbocycles. The van der Waals surface area contributed by atoms with Gasteiger partial charge in [-0.25, -0.2) is 8.42 Å². The molecule has 0 bridgehead atoms. The van der Waals surface area contributed by atoms with E-state index in [1.807, 2.05) is 39.8 Å². The van der Waals surface area contributed by atoms with E-state index in [2.05, 4.69) is 18.6 Å². The van der Waals surface area contributed by atoms with Crippen molar-refractivity contribution in [3.8, 4) is 0 Å². The van der Waals surface area contributed by atoms with Gasteiger partial charge in [0.2, 0.25) is 10.0 Å². The summed E-state index contributed by atoms with van der Waals surface area (Å²) in [4.78, 5) is 0.173. The number of aliphatic hydroxyl groups is 3.